The second-order valence-corrected chi connectivity index (χ2v) is 1.95. The minimum atomic E-state index is -0.0344. The van der Waals surface area contributed by atoms with Crippen molar-refractivity contribution in [1.82, 2.24) is 9.97 Å². The van der Waals surface area contributed by atoms with Crippen molar-refractivity contribution >= 4 is 11.6 Å². The third-order valence-electron chi connectivity index (χ3n) is 0.885. The molecule has 0 spiro atoms. The quantitative estimate of drug-likeness (QED) is 0.621. The summed E-state index contributed by atoms with van der Waals surface area (Å²) in [7, 11) is 0. The maximum atomic E-state index is 8.15. The van der Waals surface area contributed by atoms with E-state index in [-0.39, 0.29) is 11.9 Å². The second kappa shape index (κ2) is 3.74. The fourth-order valence-electron chi connectivity index (χ4n) is 0.506. The SMILES string of the molecule is N#CCOc1ccnc(Cl)n1. The number of halogens is 1. The Morgan fingerprint density at radius 1 is 1.73 bits per heavy atom. The van der Waals surface area contributed by atoms with Gasteiger partial charge in [0.25, 0.3) is 0 Å². The van der Waals surface area contributed by atoms with Crippen molar-refractivity contribution in [2.75, 3.05) is 6.61 Å². The van der Waals surface area contributed by atoms with E-state index in [4.69, 9.17) is 21.6 Å². The van der Waals surface area contributed by atoms with Crippen LogP contribution in [0.2, 0.25) is 5.28 Å². The van der Waals surface area contributed by atoms with Crippen molar-refractivity contribution in [2.45, 2.75) is 0 Å². The molecule has 56 valence electrons. The van der Waals surface area contributed by atoms with E-state index < -0.39 is 0 Å². The Kier molecular flexibility index (Phi) is 2.64. The van der Waals surface area contributed by atoms with Crippen LogP contribution >= 0.6 is 11.6 Å². The summed E-state index contributed by atoms with van der Waals surface area (Å²) in [6, 6.07) is 3.34. The minimum absolute atomic E-state index is 0.0344. The summed E-state index contributed by atoms with van der Waals surface area (Å²) in [4.78, 5) is 7.33. The van der Waals surface area contributed by atoms with Crippen LogP contribution in [0.1, 0.15) is 0 Å². The van der Waals surface area contributed by atoms with Gasteiger partial charge in [-0.15, -0.1) is 0 Å². The number of nitrogens with zero attached hydrogens (tertiary/aromatic N) is 3. The van der Waals surface area contributed by atoms with Gasteiger partial charge in [0.2, 0.25) is 11.2 Å². The summed E-state index contributed by atoms with van der Waals surface area (Å²) in [6.45, 7) is -0.0344. The first-order valence-corrected chi connectivity index (χ1v) is 3.19. The van der Waals surface area contributed by atoms with E-state index in [2.05, 4.69) is 9.97 Å². The lowest BCUT2D eigenvalue weighted by atomic mass is 10.6. The summed E-state index contributed by atoms with van der Waals surface area (Å²) in [6.07, 6.45) is 1.46. The number of aromatic nitrogens is 2. The van der Waals surface area contributed by atoms with Crippen molar-refractivity contribution in [2.24, 2.45) is 0 Å². The highest BCUT2D eigenvalue weighted by atomic mass is 35.5. The predicted molar refractivity (Wildman–Crippen MR) is 38.2 cm³/mol. The molecule has 1 heterocycles. The van der Waals surface area contributed by atoms with Gasteiger partial charge in [0.1, 0.15) is 6.07 Å². The summed E-state index contributed by atoms with van der Waals surface area (Å²) >= 11 is 5.44. The smallest absolute Gasteiger partial charge is 0.225 e. The Bertz CT molecular complexity index is 283. The lowest BCUT2D eigenvalue weighted by molar-refractivity contribution is 0.352. The molecule has 0 amide bonds. The zero-order chi connectivity index (χ0) is 8.10. The maximum Gasteiger partial charge on any atom is 0.225 e. The third kappa shape index (κ3) is 2.40. The molecule has 1 rings (SSSR count). The number of rotatable bonds is 2. The Labute approximate surface area is 68.4 Å². The van der Waals surface area contributed by atoms with Crippen molar-refractivity contribution in [3.8, 4) is 11.9 Å². The molecule has 0 N–H and O–H groups in total. The van der Waals surface area contributed by atoms with Gasteiger partial charge in [-0.25, -0.2) is 4.98 Å². The minimum Gasteiger partial charge on any atom is -0.462 e. The number of ether oxygens (including phenoxy) is 1. The second-order valence-electron chi connectivity index (χ2n) is 1.61. The largest absolute Gasteiger partial charge is 0.462 e. The van der Waals surface area contributed by atoms with Crippen LogP contribution in [0.5, 0.6) is 5.88 Å². The van der Waals surface area contributed by atoms with Crippen LogP contribution in [-0.4, -0.2) is 16.6 Å². The average molecular weight is 170 g/mol. The summed E-state index contributed by atoms with van der Waals surface area (Å²) < 4.78 is 4.84. The fraction of sp³-hybridized carbons (Fsp3) is 0.167. The molecule has 5 heteroatoms. The van der Waals surface area contributed by atoms with E-state index in [0.29, 0.717) is 5.88 Å². The van der Waals surface area contributed by atoms with Gasteiger partial charge in [-0.05, 0) is 11.6 Å². The molecule has 0 aromatic carbocycles. The molecule has 0 saturated heterocycles. The van der Waals surface area contributed by atoms with Gasteiger partial charge in [-0.2, -0.15) is 10.2 Å². The molecule has 0 aliphatic rings. The molecule has 4 nitrogen and oxygen atoms in total. The van der Waals surface area contributed by atoms with Crippen LogP contribution in [0.15, 0.2) is 12.3 Å². The lowest BCUT2D eigenvalue weighted by Gasteiger charge is -1.97. The van der Waals surface area contributed by atoms with Crippen LogP contribution in [0, 0.1) is 11.3 Å². The van der Waals surface area contributed by atoms with Gasteiger partial charge in [-0.3, -0.25) is 0 Å². The first-order valence-electron chi connectivity index (χ1n) is 2.81. The van der Waals surface area contributed by atoms with Gasteiger partial charge in [0.15, 0.2) is 6.61 Å². The molecule has 0 aliphatic heterocycles. The van der Waals surface area contributed by atoms with Gasteiger partial charge >= 0.3 is 0 Å². The van der Waals surface area contributed by atoms with Gasteiger partial charge in [-0.1, -0.05) is 0 Å². The standard InChI is InChI=1S/C6H4ClN3O/c7-6-9-3-1-5(10-6)11-4-2-8/h1,3H,4H2. The molecule has 0 aliphatic carbocycles. The summed E-state index contributed by atoms with van der Waals surface area (Å²) in [5, 5.41) is 8.26. The van der Waals surface area contributed by atoms with Crippen molar-refractivity contribution in [3.63, 3.8) is 0 Å². The van der Waals surface area contributed by atoms with Crippen LogP contribution in [0.3, 0.4) is 0 Å². The van der Waals surface area contributed by atoms with Crippen LogP contribution < -0.4 is 4.74 Å². The lowest BCUT2D eigenvalue weighted by Crippen LogP contribution is -1.96. The van der Waals surface area contributed by atoms with E-state index in [1.807, 2.05) is 6.07 Å². The molecule has 0 unspecified atom stereocenters. The summed E-state index contributed by atoms with van der Waals surface area (Å²) in [5.41, 5.74) is 0. The highest BCUT2D eigenvalue weighted by Crippen LogP contribution is 2.07. The summed E-state index contributed by atoms with van der Waals surface area (Å²) in [5.74, 6) is 0.312. The Morgan fingerprint density at radius 3 is 3.18 bits per heavy atom. The van der Waals surface area contributed by atoms with Crippen LogP contribution in [0.4, 0.5) is 0 Å². The number of hydrogen-bond acceptors (Lipinski definition) is 4. The van der Waals surface area contributed by atoms with E-state index >= 15 is 0 Å². The highest BCUT2D eigenvalue weighted by molar-refractivity contribution is 6.28. The Balaban J connectivity index is 2.65. The van der Waals surface area contributed by atoms with Crippen molar-refractivity contribution < 1.29 is 4.74 Å². The molecule has 11 heavy (non-hydrogen) atoms. The molecule has 1 aromatic heterocycles. The third-order valence-corrected chi connectivity index (χ3v) is 1.07. The van der Waals surface area contributed by atoms with Gasteiger partial charge < -0.3 is 4.74 Å². The molecular weight excluding hydrogens is 166 g/mol. The fourth-order valence-corrected chi connectivity index (χ4v) is 0.646. The van der Waals surface area contributed by atoms with Crippen LogP contribution in [0.25, 0.3) is 0 Å². The molecule has 0 bridgehead atoms. The van der Waals surface area contributed by atoms with Gasteiger partial charge in [0, 0.05) is 12.3 Å². The molecule has 0 radical (unpaired) electrons. The zero-order valence-electron chi connectivity index (χ0n) is 5.49. The first kappa shape index (κ1) is 7.76. The average Bonchev–Trinajstić information content (AvgIpc) is 2.01. The topological polar surface area (TPSA) is 58.8 Å². The van der Waals surface area contributed by atoms with E-state index in [9.17, 15) is 0 Å². The highest BCUT2D eigenvalue weighted by Gasteiger charge is 1.94. The molecular formula is C6H4ClN3O. The number of nitriles is 1. The molecule has 0 saturated carbocycles. The molecule has 0 fully saturated rings. The van der Waals surface area contributed by atoms with E-state index in [1.54, 1.807) is 0 Å². The Morgan fingerprint density at radius 2 is 2.55 bits per heavy atom. The monoisotopic (exact) mass is 169 g/mol. The van der Waals surface area contributed by atoms with Gasteiger partial charge in [0.05, 0.1) is 0 Å². The molecule has 1 aromatic rings. The molecule has 0 atom stereocenters. The zero-order valence-corrected chi connectivity index (χ0v) is 6.25. The normalized spacial score (nSPS) is 8.73. The first-order chi connectivity index (χ1) is 5.33. The van der Waals surface area contributed by atoms with E-state index in [0.717, 1.165) is 0 Å². The van der Waals surface area contributed by atoms with Crippen LogP contribution in [-0.2, 0) is 0 Å². The maximum absolute atomic E-state index is 8.15. The van der Waals surface area contributed by atoms with E-state index in [1.165, 1.54) is 12.3 Å². The van der Waals surface area contributed by atoms with Crippen molar-refractivity contribution in [1.29, 1.82) is 5.26 Å². The Hall–Kier alpha value is -1.34. The number of hydrogen-bond donors (Lipinski definition) is 0. The van der Waals surface area contributed by atoms with Crippen molar-refractivity contribution in [3.05, 3.63) is 17.5 Å². The predicted octanol–water partition coefficient (Wildman–Crippen LogP) is 1.03.